The lowest BCUT2D eigenvalue weighted by Gasteiger charge is -2.05. The van der Waals surface area contributed by atoms with E-state index in [-0.39, 0.29) is 17.4 Å². The summed E-state index contributed by atoms with van der Waals surface area (Å²) in [7, 11) is 0. The third-order valence-electron chi connectivity index (χ3n) is 2.52. The maximum absolute atomic E-state index is 11.8. The summed E-state index contributed by atoms with van der Waals surface area (Å²) < 4.78 is 4.60. The second-order valence-corrected chi connectivity index (χ2v) is 5.47. The number of hydrogen-bond acceptors (Lipinski definition) is 6. The number of aromatic nitrogens is 1. The summed E-state index contributed by atoms with van der Waals surface area (Å²) in [6, 6.07) is 6.02. The highest BCUT2D eigenvalue weighted by Gasteiger charge is 2.21. The van der Waals surface area contributed by atoms with Gasteiger partial charge in [-0.3, -0.25) is 10.1 Å². The van der Waals surface area contributed by atoms with E-state index in [0.29, 0.717) is 10.7 Å². The molecule has 2 aromatic rings. The molecule has 7 nitrogen and oxygen atoms in total. The van der Waals surface area contributed by atoms with Crippen molar-refractivity contribution in [2.24, 2.45) is 0 Å². The van der Waals surface area contributed by atoms with Gasteiger partial charge in [0.2, 0.25) is 0 Å². The molecule has 0 saturated carbocycles. The van der Waals surface area contributed by atoms with Crippen molar-refractivity contribution in [2.45, 2.75) is 6.92 Å². The highest BCUT2D eigenvalue weighted by Crippen LogP contribution is 2.17. The van der Waals surface area contributed by atoms with E-state index in [2.05, 4.69) is 20.4 Å². The quantitative estimate of drug-likeness (QED) is 0.488. The van der Waals surface area contributed by atoms with Crippen LogP contribution in [0.4, 0.5) is 15.6 Å². The lowest BCUT2D eigenvalue weighted by atomic mass is 10.3. The number of ether oxygens (including phenoxy) is 1. The number of hydrogen-bond donors (Lipinski definition) is 2. The third kappa shape index (κ3) is 4.76. The molecule has 9 heteroatoms. The number of nitrogens with zero attached hydrogens (tertiary/aromatic N) is 1. The van der Waals surface area contributed by atoms with E-state index in [1.165, 1.54) is 5.38 Å². The molecule has 1 aromatic carbocycles. The Hall–Kier alpha value is -2.45. The van der Waals surface area contributed by atoms with Crippen LogP contribution in [0.25, 0.3) is 0 Å². The Morgan fingerprint density at radius 1 is 1.22 bits per heavy atom. The lowest BCUT2D eigenvalue weighted by Crippen LogP contribution is -2.20. The van der Waals surface area contributed by atoms with Gasteiger partial charge in [0.05, 0.1) is 6.61 Å². The van der Waals surface area contributed by atoms with Crippen molar-refractivity contribution in [3.63, 3.8) is 0 Å². The van der Waals surface area contributed by atoms with Gasteiger partial charge in [-0.15, -0.1) is 11.3 Å². The number of nitrogens with one attached hydrogen (secondary N) is 2. The molecule has 0 aliphatic carbocycles. The molecular formula is C14H12ClN3O4S. The SMILES string of the molecule is CCOC(=O)C(=O)c1csc(NC(=O)Nc2ccc(Cl)cc2)n1. The first kappa shape index (κ1) is 16.9. The van der Waals surface area contributed by atoms with Gasteiger partial charge in [-0.25, -0.2) is 14.6 Å². The minimum Gasteiger partial charge on any atom is -0.460 e. The van der Waals surface area contributed by atoms with Crippen LogP contribution < -0.4 is 10.6 Å². The van der Waals surface area contributed by atoms with Crippen LogP contribution in [0.1, 0.15) is 17.4 Å². The van der Waals surface area contributed by atoms with E-state index in [4.69, 9.17) is 11.6 Å². The molecule has 23 heavy (non-hydrogen) atoms. The first-order chi connectivity index (χ1) is 11.0. The molecule has 1 aromatic heterocycles. The second-order valence-electron chi connectivity index (χ2n) is 4.17. The molecular weight excluding hydrogens is 342 g/mol. The molecule has 2 amide bonds. The predicted octanol–water partition coefficient (Wildman–Crippen LogP) is 3.19. The Labute approximate surface area is 140 Å². The summed E-state index contributed by atoms with van der Waals surface area (Å²) in [5, 5.41) is 7.16. The zero-order valence-corrected chi connectivity index (χ0v) is 13.5. The van der Waals surface area contributed by atoms with Gasteiger partial charge in [0.1, 0.15) is 5.69 Å². The second kappa shape index (κ2) is 7.70. The molecule has 0 unspecified atom stereocenters. The Morgan fingerprint density at radius 3 is 2.57 bits per heavy atom. The number of halogens is 1. The van der Waals surface area contributed by atoms with E-state index in [1.54, 1.807) is 31.2 Å². The van der Waals surface area contributed by atoms with Gasteiger partial charge in [0.15, 0.2) is 5.13 Å². The highest BCUT2D eigenvalue weighted by molar-refractivity contribution is 7.14. The van der Waals surface area contributed by atoms with Gasteiger partial charge in [0, 0.05) is 16.1 Å². The zero-order chi connectivity index (χ0) is 16.8. The number of esters is 1. The van der Waals surface area contributed by atoms with E-state index < -0.39 is 17.8 Å². The molecule has 2 N–H and O–H groups in total. The molecule has 0 spiro atoms. The van der Waals surface area contributed by atoms with Gasteiger partial charge < -0.3 is 10.1 Å². The molecule has 120 valence electrons. The van der Waals surface area contributed by atoms with Crippen LogP contribution >= 0.6 is 22.9 Å². The van der Waals surface area contributed by atoms with Crippen LogP contribution in [-0.4, -0.2) is 29.4 Å². The van der Waals surface area contributed by atoms with Crippen molar-refractivity contribution in [3.8, 4) is 0 Å². The minimum absolute atomic E-state index is 0.0738. The molecule has 0 radical (unpaired) electrons. The third-order valence-corrected chi connectivity index (χ3v) is 3.53. The summed E-state index contributed by atoms with van der Waals surface area (Å²) in [6.45, 7) is 1.70. The van der Waals surface area contributed by atoms with E-state index in [1.807, 2.05) is 0 Å². The Balaban J connectivity index is 1.95. The van der Waals surface area contributed by atoms with Crippen LogP contribution in [0, 0.1) is 0 Å². The maximum Gasteiger partial charge on any atom is 0.381 e. The predicted molar refractivity (Wildman–Crippen MR) is 87.2 cm³/mol. The summed E-state index contributed by atoms with van der Waals surface area (Å²) in [4.78, 5) is 38.7. The summed E-state index contributed by atoms with van der Waals surface area (Å²) in [6.07, 6.45) is 0. The fourth-order valence-corrected chi connectivity index (χ4v) is 2.34. The van der Waals surface area contributed by atoms with Gasteiger partial charge in [-0.05, 0) is 31.2 Å². The van der Waals surface area contributed by atoms with Crippen molar-refractivity contribution in [3.05, 3.63) is 40.4 Å². The topological polar surface area (TPSA) is 97.4 Å². The molecule has 0 aliphatic heterocycles. The molecule has 0 bridgehead atoms. The summed E-state index contributed by atoms with van der Waals surface area (Å²) in [5.74, 6) is -1.83. The van der Waals surface area contributed by atoms with Gasteiger partial charge >= 0.3 is 12.0 Å². The zero-order valence-electron chi connectivity index (χ0n) is 12.0. The number of urea groups is 1. The van der Waals surface area contributed by atoms with Crippen molar-refractivity contribution in [1.82, 2.24) is 4.98 Å². The smallest absolute Gasteiger partial charge is 0.381 e. The molecule has 2 rings (SSSR count). The largest absolute Gasteiger partial charge is 0.460 e. The maximum atomic E-state index is 11.8. The Morgan fingerprint density at radius 2 is 1.91 bits per heavy atom. The standard InChI is InChI=1S/C14H12ClN3O4S/c1-2-22-12(20)11(19)10-7-23-14(17-10)18-13(21)16-9-5-3-8(15)4-6-9/h3-7H,2H2,1H3,(H2,16,17,18,21). The van der Waals surface area contributed by atoms with Crippen LogP contribution in [0.2, 0.25) is 5.02 Å². The van der Waals surface area contributed by atoms with Gasteiger partial charge in [-0.1, -0.05) is 11.6 Å². The molecule has 0 aliphatic rings. The Kier molecular flexibility index (Phi) is 5.67. The first-order valence-corrected chi connectivity index (χ1v) is 7.76. The van der Waals surface area contributed by atoms with Gasteiger partial charge in [-0.2, -0.15) is 0 Å². The number of benzene rings is 1. The minimum atomic E-state index is -0.977. The fraction of sp³-hybridized carbons (Fsp3) is 0.143. The van der Waals surface area contributed by atoms with Crippen LogP contribution in [0.3, 0.4) is 0 Å². The molecule has 0 saturated heterocycles. The molecule has 0 atom stereocenters. The number of carbonyl (C=O) groups is 3. The monoisotopic (exact) mass is 353 g/mol. The summed E-state index contributed by atoms with van der Waals surface area (Å²) in [5.41, 5.74) is 0.474. The number of anilines is 2. The van der Waals surface area contributed by atoms with E-state index >= 15 is 0 Å². The number of carbonyl (C=O) groups excluding carboxylic acids is 3. The number of Topliss-reactive ketones (excluding diaryl/α,β-unsaturated/α-hetero) is 1. The highest BCUT2D eigenvalue weighted by atomic mass is 35.5. The number of thiazole rings is 1. The van der Waals surface area contributed by atoms with Crippen LogP contribution in [0.15, 0.2) is 29.6 Å². The van der Waals surface area contributed by atoms with E-state index in [9.17, 15) is 14.4 Å². The van der Waals surface area contributed by atoms with E-state index in [0.717, 1.165) is 11.3 Å². The molecule has 0 fully saturated rings. The average Bonchev–Trinajstić information content (AvgIpc) is 2.97. The lowest BCUT2D eigenvalue weighted by molar-refractivity contribution is -0.137. The summed E-state index contributed by atoms with van der Waals surface area (Å²) >= 11 is 6.77. The van der Waals surface area contributed by atoms with Crippen molar-refractivity contribution in [1.29, 1.82) is 0 Å². The normalized spacial score (nSPS) is 10.0. The van der Waals surface area contributed by atoms with Crippen LogP contribution in [-0.2, 0) is 9.53 Å². The van der Waals surface area contributed by atoms with Crippen LogP contribution in [0.5, 0.6) is 0 Å². The number of amides is 2. The van der Waals surface area contributed by atoms with Gasteiger partial charge in [0.25, 0.3) is 5.78 Å². The number of rotatable bonds is 5. The molecule has 1 heterocycles. The fourth-order valence-electron chi connectivity index (χ4n) is 1.53. The first-order valence-electron chi connectivity index (χ1n) is 6.50. The average molecular weight is 354 g/mol. The van der Waals surface area contributed by atoms with Crippen molar-refractivity contribution < 1.29 is 19.1 Å². The Bertz CT molecular complexity index is 730. The number of ketones is 1. The van der Waals surface area contributed by atoms with Crippen molar-refractivity contribution in [2.75, 3.05) is 17.2 Å². The van der Waals surface area contributed by atoms with Crippen molar-refractivity contribution >= 4 is 51.5 Å².